The summed E-state index contributed by atoms with van der Waals surface area (Å²) < 4.78 is 10.8. The summed E-state index contributed by atoms with van der Waals surface area (Å²) in [5.41, 5.74) is 2.55. The number of para-hydroxylation sites is 1. The van der Waals surface area contributed by atoms with Gasteiger partial charge in [0.05, 0.1) is 35.3 Å². The highest BCUT2D eigenvalue weighted by Gasteiger charge is 2.41. The highest BCUT2D eigenvalue weighted by molar-refractivity contribution is 8.03. The Morgan fingerprint density at radius 1 is 0.966 bits per heavy atom. The number of anilines is 1. The number of methoxy groups -OCH3 is 1. The van der Waals surface area contributed by atoms with Gasteiger partial charge in [-0.2, -0.15) is 0 Å². The Hall–Kier alpha value is -3.25. The maximum atomic E-state index is 13.4. The minimum atomic E-state index is -0.356. The molecule has 2 aromatic carbocycles. The lowest BCUT2D eigenvalue weighted by atomic mass is 10.0. The topological polar surface area (TPSA) is 59.8 Å². The van der Waals surface area contributed by atoms with E-state index in [4.69, 9.17) is 9.15 Å². The summed E-state index contributed by atoms with van der Waals surface area (Å²) in [5, 5.41) is 0. The number of hydrogen-bond donors (Lipinski definition) is 0. The minimum absolute atomic E-state index is 0.337. The van der Waals surface area contributed by atoms with Crippen molar-refractivity contribution >= 4 is 34.8 Å². The second-order valence-corrected chi connectivity index (χ2v) is 7.54. The van der Waals surface area contributed by atoms with Gasteiger partial charge in [0.1, 0.15) is 11.5 Å². The molecule has 4 rings (SSSR count). The van der Waals surface area contributed by atoms with Crippen molar-refractivity contribution in [2.24, 2.45) is 0 Å². The molecule has 0 unspecified atom stereocenters. The third kappa shape index (κ3) is 3.59. The van der Waals surface area contributed by atoms with E-state index in [1.165, 1.54) is 16.7 Å². The molecule has 0 saturated carbocycles. The van der Waals surface area contributed by atoms with Crippen LogP contribution in [0.2, 0.25) is 0 Å². The van der Waals surface area contributed by atoms with Crippen molar-refractivity contribution in [3.8, 4) is 5.75 Å². The van der Waals surface area contributed by atoms with Crippen LogP contribution >= 0.6 is 11.8 Å². The first kappa shape index (κ1) is 19.1. The maximum absolute atomic E-state index is 13.4. The zero-order valence-corrected chi connectivity index (χ0v) is 16.9. The third-order valence-corrected chi connectivity index (χ3v) is 5.74. The van der Waals surface area contributed by atoms with Crippen LogP contribution in [0.25, 0.3) is 5.57 Å². The molecule has 0 saturated heterocycles. The lowest BCUT2D eigenvalue weighted by Gasteiger charge is -2.15. The van der Waals surface area contributed by atoms with Crippen LogP contribution in [-0.4, -0.2) is 18.9 Å². The van der Waals surface area contributed by atoms with Gasteiger partial charge in [0.2, 0.25) is 0 Å². The highest BCUT2D eigenvalue weighted by Crippen LogP contribution is 2.42. The summed E-state index contributed by atoms with van der Waals surface area (Å²) in [4.78, 5) is 28.3. The van der Waals surface area contributed by atoms with Crippen molar-refractivity contribution < 1.29 is 18.7 Å². The molecule has 0 N–H and O–H groups in total. The molecule has 0 radical (unpaired) electrons. The number of carbonyl (C=O) groups is 2. The lowest BCUT2D eigenvalue weighted by Crippen LogP contribution is -2.31. The molecule has 1 aromatic heterocycles. The summed E-state index contributed by atoms with van der Waals surface area (Å²) in [7, 11) is 1.55. The highest BCUT2D eigenvalue weighted by atomic mass is 32.2. The Bertz CT molecular complexity index is 1080. The van der Waals surface area contributed by atoms with Crippen LogP contribution in [-0.2, 0) is 15.3 Å². The van der Waals surface area contributed by atoms with Crippen LogP contribution in [0.5, 0.6) is 5.75 Å². The van der Waals surface area contributed by atoms with E-state index in [1.807, 2.05) is 37.3 Å². The standard InChI is InChI=1S/C23H19NO4S/c1-15-9-11-16(12-10-15)24-22(25)20(18-7-3-4-8-19(18)27-2)21(23(24)26)29-14-17-6-5-13-28-17/h3-13H,14H2,1-2H3. The summed E-state index contributed by atoms with van der Waals surface area (Å²) in [5.74, 6) is 1.03. The molecule has 0 fully saturated rings. The van der Waals surface area contributed by atoms with Gasteiger partial charge in [0.25, 0.3) is 11.8 Å². The SMILES string of the molecule is COc1ccccc1C1=C(SCc2ccco2)C(=O)N(c2ccc(C)cc2)C1=O. The van der Waals surface area contributed by atoms with Gasteiger partial charge in [0, 0.05) is 5.56 Å². The van der Waals surface area contributed by atoms with E-state index in [1.54, 1.807) is 43.7 Å². The van der Waals surface area contributed by atoms with E-state index in [-0.39, 0.29) is 11.8 Å². The first-order chi connectivity index (χ1) is 14.1. The van der Waals surface area contributed by atoms with Crippen LogP contribution in [0.3, 0.4) is 0 Å². The zero-order chi connectivity index (χ0) is 20.4. The Morgan fingerprint density at radius 3 is 2.41 bits per heavy atom. The molecule has 1 aliphatic rings. The van der Waals surface area contributed by atoms with Gasteiger partial charge in [-0.05, 0) is 37.3 Å². The maximum Gasteiger partial charge on any atom is 0.272 e. The molecule has 0 aliphatic carbocycles. The number of aryl methyl sites for hydroxylation is 1. The molecule has 2 heterocycles. The van der Waals surface area contributed by atoms with E-state index in [2.05, 4.69) is 0 Å². The van der Waals surface area contributed by atoms with Gasteiger partial charge < -0.3 is 9.15 Å². The van der Waals surface area contributed by atoms with E-state index in [0.717, 1.165) is 11.3 Å². The minimum Gasteiger partial charge on any atom is -0.496 e. The molecule has 6 heteroatoms. The first-order valence-corrected chi connectivity index (χ1v) is 10.1. The molecule has 0 spiro atoms. The van der Waals surface area contributed by atoms with Crippen LogP contribution in [0, 0.1) is 6.92 Å². The molecule has 1 aliphatic heterocycles. The van der Waals surface area contributed by atoms with Crippen molar-refractivity contribution in [2.45, 2.75) is 12.7 Å². The second kappa shape index (κ2) is 8.01. The quantitative estimate of drug-likeness (QED) is 0.551. The van der Waals surface area contributed by atoms with Gasteiger partial charge in [-0.1, -0.05) is 35.9 Å². The summed E-state index contributed by atoms with van der Waals surface area (Å²) in [6.45, 7) is 1.96. The van der Waals surface area contributed by atoms with E-state index in [0.29, 0.717) is 33.2 Å². The second-order valence-electron chi connectivity index (χ2n) is 6.55. The van der Waals surface area contributed by atoms with Gasteiger partial charge in [-0.25, -0.2) is 4.90 Å². The van der Waals surface area contributed by atoms with Gasteiger partial charge in [-0.3, -0.25) is 9.59 Å². The predicted molar refractivity (Wildman–Crippen MR) is 114 cm³/mol. The van der Waals surface area contributed by atoms with E-state index < -0.39 is 0 Å². The molecule has 146 valence electrons. The molecule has 0 atom stereocenters. The molecular weight excluding hydrogens is 386 g/mol. The number of furan rings is 1. The van der Waals surface area contributed by atoms with Crippen LogP contribution in [0.1, 0.15) is 16.9 Å². The molecule has 29 heavy (non-hydrogen) atoms. The van der Waals surface area contributed by atoms with E-state index in [9.17, 15) is 9.59 Å². The smallest absolute Gasteiger partial charge is 0.272 e. The Kier molecular flexibility index (Phi) is 5.27. The first-order valence-electron chi connectivity index (χ1n) is 9.08. The molecule has 5 nitrogen and oxygen atoms in total. The number of carbonyl (C=O) groups excluding carboxylic acids is 2. The number of rotatable bonds is 6. The number of thioether (sulfide) groups is 1. The van der Waals surface area contributed by atoms with Crippen molar-refractivity contribution in [1.82, 2.24) is 0 Å². The third-order valence-electron chi connectivity index (χ3n) is 4.65. The Balaban J connectivity index is 1.79. The summed E-state index contributed by atoms with van der Waals surface area (Å²) in [6, 6.07) is 18.2. The average molecular weight is 405 g/mol. The van der Waals surface area contributed by atoms with Crippen molar-refractivity contribution in [1.29, 1.82) is 0 Å². The fourth-order valence-electron chi connectivity index (χ4n) is 3.20. The van der Waals surface area contributed by atoms with Crippen molar-refractivity contribution in [3.63, 3.8) is 0 Å². The normalized spacial score (nSPS) is 14.1. The predicted octanol–water partition coefficient (Wildman–Crippen LogP) is 4.81. The average Bonchev–Trinajstić information content (AvgIpc) is 3.33. The fourth-order valence-corrected chi connectivity index (χ4v) is 4.21. The van der Waals surface area contributed by atoms with Crippen molar-refractivity contribution in [3.05, 3.63) is 88.7 Å². The zero-order valence-electron chi connectivity index (χ0n) is 16.0. The fraction of sp³-hybridized carbons (Fsp3) is 0.130. The summed E-state index contributed by atoms with van der Waals surface area (Å²) in [6.07, 6.45) is 1.59. The van der Waals surface area contributed by atoms with Crippen LogP contribution in [0.15, 0.2) is 76.2 Å². The van der Waals surface area contributed by atoms with Gasteiger partial charge in [0.15, 0.2) is 0 Å². The number of amides is 2. The van der Waals surface area contributed by atoms with Crippen LogP contribution < -0.4 is 9.64 Å². The summed E-state index contributed by atoms with van der Waals surface area (Å²) >= 11 is 1.30. The van der Waals surface area contributed by atoms with Gasteiger partial charge >= 0.3 is 0 Å². The number of benzene rings is 2. The largest absolute Gasteiger partial charge is 0.496 e. The molecule has 2 amide bonds. The lowest BCUT2D eigenvalue weighted by molar-refractivity contribution is -0.119. The number of hydrogen-bond acceptors (Lipinski definition) is 5. The van der Waals surface area contributed by atoms with E-state index >= 15 is 0 Å². The Labute approximate surface area is 173 Å². The number of nitrogens with zero attached hydrogens (tertiary/aromatic N) is 1. The van der Waals surface area contributed by atoms with Crippen molar-refractivity contribution in [2.75, 3.05) is 12.0 Å². The van der Waals surface area contributed by atoms with Crippen LogP contribution in [0.4, 0.5) is 5.69 Å². The van der Waals surface area contributed by atoms with Gasteiger partial charge in [-0.15, -0.1) is 11.8 Å². The number of imide groups is 1. The Morgan fingerprint density at radius 2 is 1.72 bits per heavy atom. The number of ether oxygens (including phenoxy) is 1. The molecule has 3 aromatic rings. The monoisotopic (exact) mass is 405 g/mol. The molecule has 0 bridgehead atoms. The molecular formula is C23H19NO4S.